The molecule has 0 spiro atoms. The lowest BCUT2D eigenvalue weighted by atomic mass is 10.3. The van der Waals surface area contributed by atoms with Crippen LogP contribution in [0.1, 0.15) is 11.5 Å². The molecule has 2 aromatic heterocycles. The Morgan fingerprint density at radius 1 is 1.28 bits per heavy atom. The highest BCUT2D eigenvalue weighted by molar-refractivity contribution is 7.98. The Labute approximate surface area is 162 Å². The molecule has 1 aromatic carbocycles. The maximum absolute atomic E-state index is 6.08. The minimum absolute atomic E-state index is 0.164. The number of benzene rings is 1. The Morgan fingerprint density at radius 3 is 2.76 bits per heavy atom. The van der Waals surface area contributed by atoms with E-state index in [4.69, 9.17) is 44.0 Å². The largest absolute Gasteiger partial charge is 0.483 e. The van der Waals surface area contributed by atoms with Crippen LogP contribution >= 0.6 is 46.6 Å². The molecule has 3 rings (SSSR count). The van der Waals surface area contributed by atoms with Crippen LogP contribution in [-0.4, -0.2) is 27.3 Å². The third-order valence-electron chi connectivity index (χ3n) is 3.00. The van der Waals surface area contributed by atoms with Gasteiger partial charge in [-0.3, -0.25) is 0 Å². The molecule has 0 fully saturated rings. The number of furan rings is 1. The zero-order chi connectivity index (χ0) is 17.8. The molecule has 0 saturated carbocycles. The molecule has 0 N–H and O–H groups in total. The predicted molar refractivity (Wildman–Crippen MR) is 99.3 cm³/mol. The van der Waals surface area contributed by atoms with Crippen LogP contribution < -0.4 is 4.74 Å². The van der Waals surface area contributed by atoms with Gasteiger partial charge in [-0.25, -0.2) is 0 Å². The molecule has 0 saturated heterocycles. The summed E-state index contributed by atoms with van der Waals surface area (Å²) in [5.41, 5.74) is 0. The van der Waals surface area contributed by atoms with Gasteiger partial charge in [0.25, 0.3) is 0 Å². The van der Waals surface area contributed by atoms with E-state index in [9.17, 15) is 0 Å². The van der Waals surface area contributed by atoms with E-state index in [1.54, 1.807) is 35.2 Å². The summed E-state index contributed by atoms with van der Waals surface area (Å²) in [6.45, 7) is 0.164. The summed E-state index contributed by atoms with van der Waals surface area (Å²) in [6, 6.07) is 6.68. The van der Waals surface area contributed by atoms with E-state index >= 15 is 0 Å². The second kappa shape index (κ2) is 8.14. The van der Waals surface area contributed by atoms with E-state index in [0.717, 1.165) is 0 Å². The summed E-state index contributed by atoms with van der Waals surface area (Å²) in [7, 11) is 0. The topological polar surface area (TPSA) is 65.4 Å². The molecule has 6 nitrogen and oxygen atoms in total. The number of thioether (sulfide) groups is 1. The fourth-order valence-electron chi connectivity index (χ4n) is 1.90. The van der Waals surface area contributed by atoms with Crippen LogP contribution in [0.2, 0.25) is 15.1 Å². The summed E-state index contributed by atoms with van der Waals surface area (Å²) in [5, 5.41) is 13.7. The van der Waals surface area contributed by atoms with Gasteiger partial charge in [-0.05, 0) is 30.5 Å². The van der Waals surface area contributed by atoms with Crippen LogP contribution in [0.15, 0.2) is 45.3 Å². The lowest BCUT2D eigenvalue weighted by Crippen LogP contribution is -1.95. The van der Waals surface area contributed by atoms with Crippen molar-refractivity contribution in [1.29, 1.82) is 0 Å². The van der Waals surface area contributed by atoms with Crippen LogP contribution in [0.25, 0.3) is 0 Å². The van der Waals surface area contributed by atoms with Crippen molar-refractivity contribution >= 4 is 52.8 Å². The van der Waals surface area contributed by atoms with Crippen molar-refractivity contribution in [1.82, 2.24) is 14.9 Å². The molecule has 0 aliphatic heterocycles. The number of hydrogen-bond donors (Lipinski definition) is 0. The number of nitrogens with zero attached hydrogens (tertiary/aromatic N) is 4. The van der Waals surface area contributed by atoms with Crippen molar-refractivity contribution in [3.05, 3.63) is 57.2 Å². The first-order valence-electron chi connectivity index (χ1n) is 6.91. The van der Waals surface area contributed by atoms with Crippen LogP contribution in [0, 0.1) is 0 Å². The molecule has 0 atom stereocenters. The van der Waals surface area contributed by atoms with E-state index in [1.165, 1.54) is 18.1 Å². The Kier molecular flexibility index (Phi) is 5.90. The second-order valence-corrected chi connectivity index (χ2v) is 6.72. The molecule has 130 valence electrons. The number of hydrogen-bond acceptors (Lipinski definition) is 6. The minimum Gasteiger partial charge on any atom is -0.483 e. The molecular weight excluding hydrogens is 407 g/mol. The third kappa shape index (κ3) is 4.49. The van der Waals surface area contributed by atoms with E-state index < -0.39 is 0 Å². The Bertz CT molecular complexity index is 887. The number of halogens is 3. The van der Waals surface area contributed by atoms with Crippen LogP contribution in [-0.2, 0) is 6.61 Å². The average Bonchev–Trinajstić information content (AvgIpc) is 3.20. The fourth-order valence-corrected chi connectivity index (χ4v) is 3.24. The van der Waals surface area contributed by atoms with Crippen molar-refractivity contribution in [2.24, 2.45) is 5.10 Å². The Balaban J connectivity index is 1.66. The lowest BCUT2D eigenvalue weighted by Gasteiger charge is -2.08. The zero-order valence-corrected chi connectivity index (χ0v) is 15.9. The third-order valence-corrected chi connectivity index (χ3v) is 4.41. The molecule has 0 aliphatic rings. The number of ether oxygens (including phenoxy) is 1. The summed E-state index contributed by atoms with van der Waals surface area (Å²) < 4.78 is 12.8. The summed E-state index contributed by atoms with van der Waals surface area (Å²) in [5.74, 6) is 1.51. The van der Waals surface area contributed by atoms with Gasteiger partial charge in [-0.1, -0.05) is 46.6 Å². The first-order valence-corrected chi connectivity index (χ1v) is 9.27. The first-order chi connectivity index (χ1) is 12.1. The smallest absolute Gasteiger partial charge is 0.211 e. The average molecular weight is 418 g/mol. The maximum Gasteiger partial charge on any atom is 0.211 e. The molecule has 3 aromatic rings. The normalized spacial score (nSPS) is 11.4. The van der Waals surface area contributed by atoms with Gasteiger partial charge in [0.15, 0.2) is 5.75 Å². The fraction of sp³-hybridized carbons (Fsp3) is 0.133. The van der Waals surface area contributed by atoms with Gasteiger partial charge in [0.05, 0.1) is 16.3 Å². The Hall–Kier alpha value is -1.67. The highest BCUT2D eigenvalue weighted by Gasteiger charge is 2.10. The second-order valence-electron chi connectivity index (χ2n) is 4.70. The first kappa shape index (κ1) is 18.1. The lowest BCUT2D eigenvalue weighted by molar-refractivity contribution is 0.270. The molecule has 0 radical (unpaired) electrons. The molecular formula is C15H11Cl3N4O2S. The van der Waals surface area contributed by atoms with Crippen molar-refractivity contribution in [2.45, 2.75) is 11.8 Å². The molecule has 0 amide bonds. The zero-order valence-electron chi connectivity index (χ0n) is 12.8. The van der Waals surface area contributed by atoms with Gasteiger partial charge in [0.2, 0.25) is 5.16 Å². The standard InChI is InChI=1S/C15H11Cl3N4O2S/c1-25-15-21-19-8-22(15)20-6-10-2-3-11(24-10)7-23-14-12(17)4-9(16)5-13(14)18/h2-6,8H,7H2,1H3/b20-6+. The van der Waals surface area contributed by atoms with Crippen molar-refractivity contribution in [2.75, 3.05) is 6.26 Å². The summed E-state index contributed by atoms with van der Waals surface area (Å²) in [6.07, 6.45) is 4.97. The van der Waals surface area contributed by atoms with Gasteiger partial charge in [0.1, 0.15) is 24.5 Å². The van der Waals surface area contributed by atoms with Gasteiger partial charge in [-0.15, -0.1) is 10.2 Å². The van der Waals surface area contributed by atoms with E-state index in [1.807, 2.05) is 6.26 Å². The SMILES string of the molecule is CSc1nncn1/N=C/c1ccc(COc2c(Cl)cc(Cl)cc2Cl)o1. The van der Waals surface area contributed by atoms with Gasteiger partial charge >= 0.3 is 0 Å². The highest BCUT2D eigenvalue weighted by atomic mass is 35.5. The molecule has 2 heterocycles. The minimum atomic E-state index is 0.164. The monoisotopic (exact) mass is 416 g/mol. The predicted octanol–water partition coefficient (Wildman–Crippen LogP) is 5.01. The Morgan fingerprint density at radius 2 is 2.04 bits per heavy atom. The molecule has 25 heavy (non-hydrogen) atoms. The van der Waals surface area contributed by atoms with Crippen molar-refractivity contribution in [3.63, 3.8) is 0 Å². The molecule has 0 bridgehead atoms. The van der Waals surface area contributed by atoms with Crippen molar-refractivity contribution < 1.29 is 9.15 Å². The molecule has 0 aliphatic carbocycles. The van der Waals surface area contributed by atoms with Crippen molar-refractivity contribution in [3.8, 4) is 5.75 Å². The van der Waals surface area contributed by atoms with Gasteiger partial charge in [-0.2, -0.15) is 9.78 Å². The maximum atomic E-state index is 6.08. The quantitative estimate of drug-likeness (QED) is 0.416. The number of rotatable bonds is 6. The summed E-state index contributed by atoms with van der Waals surface area (Å²) >= 11 is 19.5. The van der Waals surface area contributed by atoms with E-state index in [2.05, 4.69) is 15.3 Å². The summed E-state index contributed by atoms with van der Waals surface area (Å²) in [4.78, 5) is 0. The van der Waals surface area contributed by atoms with Crippen LogP contribution in [0.5, 0.6) is 5.75 Å². The highest BCUT2D eigenvalue weighted by Crippen LogP contribution is 2.36. The molecule has 0 unspecified atom stereocenters. The van der Waals surface area contributed by atoms with E-state index in [-0.39, 0.29) is 6.61 Å². The molecule has 10 heteroatoms. The van der Waals surface area contributed by atoms with E-state index in [0.29, 0.717) is 37.5 Å². The van der Waals surface area contributed by atoms with Gasteiger partial charge < -0.3 is 9.15 Å². The van der Waals surface area contributed by atoms with Gasteiger partial charge in [0, 0.05) is 5.02 Å². The van der Waals surface area contributed by atoms with Crippen LogP contribution in [0.4, 0.5) is 0 Å². The van der Waals surface area contributed by atoms with Crippen LogP contribution in [0.3, 0.4) is 0 Å². The number of aromatic nitrogens is 3.